The van der Waals surface area contributed by atoms with Gasteiger partial charge in [-0.15, -0.1) is 0 Å². The average Bonchev–Trinajstić information content (AvgIpc) is 3.53. The first kappa shape index (κ1) is 30.7. The van der Waals surface area contributed by atoms with Crippen molar-refractivity contribution in [2.45, 2.75) is 57.4 Å². The number of hydrogen-bond donors (Lipinski definition) is 1. The van der Waals surface area contributed by atoms with Crippen LogP contribution in [0.25, 0.3) is 11.1 Å². The number of halogens is 6. The maximum Gasteiger partial charge on any atom is 0.417 e. The van der Waals surface area contributed by atoms with Gasteiger partial charge in [0.25, 0.3) is 6.43 Å². The van der Waals surface area contributed by atoms with Gasteiger partial charge in [0.15, 0.2) is 0 Å². The van der Waals surface area contributed by atoms with Gasteiger partial charge in [-0.25, -0.2) is 18.2 Å². The fourth-order valence-corrected chi connectivity index (χ4v) is 5.48. The Hall–Kier alpha value is -3.80. The Morgan fingerprint density at radius 1 is 1.12 bits per heavy atom. The van der Waals surface area contributed by atoms with E-state index in [-0.39, 0.29) is 71.7 Å². The second-order valence-corrected chi connectivity index (χ2v) is 10.9. The third-order valence-electron chi connectivity index (χ3n) is 7.92. The summed E-state index contributed by atoms with van der Waals surface area (Å²) in [5.74, 6) is -0.925. The number of pyridine rings is 1. The van der Waals surface area contributed by atoms with Crippen molar-refractivity contribution in [1.29, 1.82) is 0 Å². The van der Waals surface area contributed by atoms with Crippen molar-refractivity contribution in [1.82, 2.24) is 4.98 Å². The molecule has 0 aliphatic heterocycles. The van der Waals surface area contributed by atoms with E-state index in [0.29, 0.717) is 19.1 Å². The fourth-order valence-electron chi connectivity index (χ4n) is 5.48. The zero-order chi connectivity index (χ0) is 31.1. The molecule has 0 bridgehead atoms. The third-order valence-corrected chi connectivity index (χ3v) is 7.92. The van der Waals surface area contributed by atoms with E-state index in [4.69, 9.17) is 14.2 Å². The number of aliphatic hydroxyl groups is 1. The van der Waals surface area contributed by atoms with Crippen LogP contribution in [0.15, 0.2) is 48.7 Å². The zero-order valence-electron chi connectivity index (χ0n) is 23.3. The molecule has 3 aromatic rings. The van der Waals surface area contributed by atoms with E-state index in [1.165, 1.54) is 24.3 Å². The van der Waals surface area contributed by atoms with Crippen molar-refractivity contribution < 1.29 is 50.5 Å². The van der Waals surface area contributed by atoms with Gasteiger partial charge in [-0.1, -0.05) is 12.1 Å². The second-order valence-electron chi connectivity index (χ2n) is 10.9. The number of rotatable bonds is 11. The van der Waals surface area contributed by atoms with Crippen molar-refractivity contribution in [3.05, 3.63) is 76.7 Å². The van der Waals surface area contributed by atoms with E-state index < -0.39 is 29.6 Å². The van der Waals surface area contributed by atoms with Crippen LogP contribution in [-0.4, -0.2) is 41.3 Å². The molecule has 1 unspecified atom stereocenters. The summed E-state index contributed by atoms with van der Waals surface area (Å²) in [4.78, 5) is 16.4. The molecule has 2 aliphatic carbocycles. The van der Waals surface area contributed by atoms with Gasteiger partial charge in [-0.05, 0) is 72.7 Å². The summed E-state index contributed by atoms with van der Waals surface area (Å²) in [5, 5.41) is 9.63. The average molecular weight is 610 g/mol. The van der Waals surface area contributed by atoms with E-state index in [9.17, 15) is 36.2 Å². The molecule has 1 fully saturated rings. The molecule has 1 N–H and O–H groups in total. The van der Waals surface area contributed by atoms with Crippen molar-refractivity contribution in [2.24, 2.45) is 11.8 Å². The summed E-state index contributed by atoms with van der Waals surface area (Å²) in [6.45, 7) is 2.41. The van der Waals surface area contributed by atoms with Crippen LogP contribution < -0.4 is 9.47 Å². The number of aromatic nitrogens is 1. The fraction of sp³-hybridized carbons (Fsp3) is 0.419. The largest absolute Gasteiger partial charge is 0.493 e. The highest BCUT2D eigenvalue weighted by Gasteiger charge is 2.60. The van der Waals surface area contributed by atoms with Gasteiger partial charge in [-0.3, -0.25) is 4.79 Å². The summed E-state index contributed by atoms with van der Waals surface area (Å²) in [7, 11) is 0. The Bertz CT molecular complexity index is 1490. The van der Waals surface area contributed by atoms with Gasteiger partial charge < -0.3 is 19.3 Å². The number of fused-ring (bicyclic) bond motifs is 3. The smallest absolute Gasteiger partial charge is 0.417 e. The summed E-state index contributed by atoms with van der Waals surface area (Å²) in [6, 6.07) is 8.58. The van der Waals surface area contributed by atoms with E-state index in [2.05, 4.69) is 4.98 Å². The number of benzene rings is 2. The molecule has 12 heteroatoms. The van der Waals surface area contributed by atoms with Crippen LogP contribution in [0.4, 0.5) is 26.3 Å². The third kappa shape index (κ3) is 6.43. The van der Waals surface area contributed by atoms with Gasteiger partial charge in [0.05, 0.1) is 24.7 Å². The number of esters is 1. The van der Waals surface area contributed by atoms with Crippen LogP contribution in [0.2, 0.25) is 0 Å². The number of carbonyl (C=O) groups excluding carboxylic acids is 1. The summed E-state index contributed by atoms with van der Waals surface area (Å²) >= 11 is 0. The van der Waals surface area contributed by atoms with Crippen molar-refractivity contribution in [3.8, 4) is 22.8 Å². The van der Waals surface area contributed by atoms with Gasteiger partial charge in [-0.2, -0.15) is 13.2 Å². The quantitative estimate of drug-likeness (QED) is 0.192. The van der Waals surface area contributed by atoms with Crippen LogP contribution in [0.5, 0.6) is 11.6 Å². The van der Waals surface area contributed by atoms with Crippen LogP contribution in [0.3, 0.4) is 0 Å². The predicted octanol–water partition coefficient (Wildman–Crippen LogP) is 6.72. The molecule has 1 saturated carbocycles. The van der Waals surface area contributed by atoms with Crippen molar-refractivity contribution >= 4 is 5.97 Å². The minimum absolute atomic E-state index is 0.0508. The normalized spacial score (nSPS) is 20.3. The van der Waals surface area contributed by atoms with Crippen molar-refractivity contribution in [3.63, 3.8) is 0 Å². The van der Waals surface area contributed by atoms with Gasteiger partial charge in [0, 0.05) is 30.2 Å². The van der Waals surface area contributed by atoms with E-state index in [0.717, 1.165) is 24.1 Å². The lowest BCUT2D eigenvalue weighted by Crippen LogP contribution is -2.35. The van der Waals surface area contributed by atoms with Gasteiger partial charge >= 0.3 is 12.1 Å². The summed E-state index contributed by atoms with van der Waals surface area (Å²) in [6.07, 6.45) is -5.92. The van der Waals surface area contributed by atoms with E-state index >= 15 is 0 Å². The number of ether oxygens (including phenoxy) is 3. The second kappa shape index (κ2) is 11.7. The number of nitrogens with zero attached hydrogens (tertiary/aromatic N) is 1. The molecule has 4 atom stereocenters. The first-order chi connectivity index (χ1) is 20.3. The molecular formula is C31H29F6NO5. The highest BCUT2D eigenvalue weighted by Crippen LogP contribution is 2.61. The molecular weight excluding hydrogens is 580 g/mol. The first-order valence-corrected chi connectivity index (χ1v) is 13.7. The number of alkyl halides is 5. The molecule has 2 aromatic carbocycles. The van der Waals surface area contributed by atoms with Gasteiger partial charge in [0.2, 0.25) is 5.88 Å². The summed E-state index contributed by atoms with van der Waals surface area (Å²) < 4.78 is 98.2. The number of hydrogen-bond acceptors (Lipinski definition) is 6. The molecule has 1 heterocycles. The molecule has 1 aromatic heterocycles. The topological polar surface area (TPSA) is 77.9 Å². The number of carbonyl (C=O) groups is 1. The van der Waals surface area contributed by atoms with Crippen molar-refractivity contribution in [2.75, 3.05) is 13.2 Å². The lowest BCUT2D eigenvalue weighted by molar-refractivity contribution is -0.145. The Morgan fingerprint density at radius 2 is 1.84 bits per heavy atom. The standard InChI is InChI=1S/C31H29F6NO5/c1-3-41-28(39)27-21-10-17-12-25(38-14-22(17)26(21)27)43-15-18-11-20(23(13-24(18)32)31(35,36)37)16-4-6-19(7-5-16)42-9-8-30(2,40)29(33)34/h4-7,11-14,21,26-27,29,40H,3,8-10,15H2,1-2H3/t21-,26-,27+,30?/m1/s1. The molecule has 230 valence electrons. The maximum atomic E-state index is 14.9. The highest BCUT2D eigenvalue weighted by molar-refractivity contribution is 5.79. The highest BCUT2D eigenvalue weighted by atomic mass is 19.4. The first-order valence-electron chi connectivity index (χ1n) is 13.7. The van der Waals surface area contributed by atoms with E-state index in [1.807, 2.05) is 0 Å². The van der Waals surface area contributed by atoms with Crippen LogP contribution in [0, 0.1) is 17.7 Å². The molecule has 0 saturated heterocycles. The lowest BCUT2D eigenvalue weighted by atomic mass is 9.96. The molecule has 2 aliphatic rings. The SMILES string of the molecule is CCOC(=O)[C@H]1[C@@H]2Cc3cc(OCc4cc(-c5ccc(OCCC(C)(O)C(F)F)cc5)c(C(F)(F)F)cc4F)ncc3[C@@H]21. The minimum Gasteiger partial charge on any atom is -0.493 e. The summed E-state index contributed by atoms with van der Waals surface area (Å²) in [5.41, 5.74) is -1.82. The van der Waals surface area contributed by atoms with Crippen LogP contribution >= 0.6 is 0 Å². The maximum absolute atomic E-state index is 14.9. The van der Waals surface area contributed by atoms with Gasteiger partial charge in [0.1, 0.15) is 23.8 Å². The molecule has 0 radical (unpaired) electrons. The van der Waals surface area contributed by atoms with Crippen LogP contribution in [0.1, 0.15) is 48.4 Å². The monoisotopic (exact) mass is 609 g/mol. The van der Waals surface area contributed by atoms with Crippen LogP contribution in [-0.2, 0) is 28.7 Å². The van der Waals surface area contributed by atoms with E-state index in [1.54, 1.807) is 19.2 Å². The molecule has 0 amide bonds. The Balaban J connectivity index is 1.29. The molecule has 6 nitrogen and oxygen atoms in total. The molecule has 0 spiro atoms. The molecule has 5 rings (SSSR count). The zero-order valence-corrected chi connectivity index (χ0v) is 23.3. The molecule has 43 heavy (non-hydrogen) atoms. The Morgan fingerprint density at radius 3 is 2.49 bits per heavy atom. The lowest BCUT2D eigenvalue weighted by Gasteiger charge is -2.22. The predicted molar refractivity (Wildman–Crippen MR) is 142 cm³/mol. The Labute approximate surface area is 243 Å². The minimum atomic E-state index is -4.85. The Kier molecular flexibility index (Phi) is 8.34.